The standard InChI is InChI=1S/C16H12N4/c17-12-5-3-4-11(8-12)14-9-16-19-18-10-20(16)15-7-2-1-6-13(14)15/h1-10H,17H2. The zero-order valence-electron chi connectivity index (χ0n) is 10.7. The molecule has 4 heteroatoms. The number of hydrogen-bond donors (Lipinski definition) is 1. The van der Waals surface area contributed by atoms with E-state index in [9.17, 15) is 0 Å². The number of hydrogen-bond acceptors (Lipinski definition) is 3. The SMILES string of the molecule is Nc1cccc(-c2cc3nncn3c3ccccc23)c1. The summed E-state index contributed by atoms with van der Waals surface area (Å²) in [5.74, 6) is 0. The predicted molar refractivity (Wildman–Crippen MR) is 80.3 cm³/mol. The molecule has 0 aliphatic heterocycles. The molecular weight excluding hydrogens is 248 g/mol. The molecule has 0 unspecified atom stereocenters. The first kappa shape index (κ1) is 11.0. The van der Waals surface area contributed by atoms with Crippen molar-refractivity contribution in [2.24, 2.45) is 0 Å². The third-order valence-electron chi connectivity index (χ3n) is 3.50. The van der Waals surface area contributed by atoms with Crippen LogP contribution in [0.2, 0.25) is 0 Å². The van der Waals surface area contributed by atoms with Crippen molar-refractivity contribution in [3.8, 4) is 11.1 Å². The summed E-state index contributed by atoms with van der Waals surface area (Å²) in [4.78, 5) is 0. The average Bonchev–Trinajstić information content (AvgIpc) is 2.95. The Labute approximate surface area is 115 Å². The molecule has 0 saturated heterocycles. The lowest BCUT2D eigenvalue weighted by Gasteiger charge is -2.09. The number of para-hydroxylation sites is 1. The van der Waals surface area contributed by atoms with Crippen LogP contribution in [0.4, 0.5) is 5.69 Å². The Hall–Kier alpha value is -2.88. The van der Waals surface area contributed by atoms with Crippen LogP contribution < -0.4 is 5.73 Å². The van der Waals surface area contributed by atoms with Gasteiger partial charge in [-0.15, -0.1) is 10.2 Å². The van der Waals surface area contributed by atoms with E-state index in [1.165, 1.54) is 0 Å². The molecule has 96 valence electrons. The van der Waals surface area contributed by atoms with Crippen LogP contribution in [-0.2, 0) is 0 Å². The fraction of sp³-hybridized carbons (Fsp3) is 0. The topological polar surface area (TPSA) is 56.2 Å². The van der Waals surface area contributed by atoms with Crippen LogP contribution in [0.1, 0.15) is 0 Å². The van der Waals surface area contributed by atoms with Gasteiger partial charge in [0.1, 0.15) is 6.33 Å². The maximum Gasteiger partial charge on any atom is 0.161 e. The van der Waals surface area contributed by atoms with Gasteiger partial charge in [-0.1, -0.05) is 30.3 Å². The highest BCUT2D eigenvalue weighted by Gasteiger charge is 2.09. The molecule has 2 heterocycles. The molecule has 4 nitrogen and oxygen atoms in total. The van der Waals surface area contributed by atoms with E-state index in [0.717, 1.165) is 33.4 Å². The van der Waals surface area contributed by atoms with Crippen LogP contribution in [0.5, 0.6) is 0 Å². The van der Waals surface area contributed by atoms with E-state index in [1.807, 2.05) is 40.8 Å². The van der Waals surface area contributed by atoms with Crippen LogP contribution in [0.15, 0.2) is 60.9 Å². The molecule has 4 rings (SSSR count). The van der Waals surface area contributed by atoms with Gasteiger partial charge in [-0.3, -0.25) is 4.40 Å². The van der Waals surface area contributed by atoms with Gasteiger partial charge in [0.05, 0.1) is 5.52 Å². The highest BCUT2D eigenvalue weighted by Crippen LogP contribution is 2.30. The molecule has 2 aromatic heterocycles. The third kappa shape index (κ3) is 1.55. The maximum atomic E-state index is 5.90. The van der Waals surface area contributed by atoms with E-state index in [2.05, 4.69) is 28.4 Å². The summed E-state index contributed by atoms with van der Waals surface area (Å²) in [6.45, 7) is 0. The lowest BCUT2D eigenvalue weighted by Crippen LogP contribution is -1.91. The Kier molecular flexibility index (Phi) is 2.23. The van der Waals surface area contributed by atoms with Crippen LogP contribution >= 0.6 is 0 Å². The first-order chi connectivity index (χ1) is 9.83. The van der Waals surface area contributed by atoms with Crippen molar-refractivity contribution < 1.29 is 0 Å². The zero-order valence-corrected chi connectivity index (χ0v) is 10.7. The van der Waals surface area contributed by atoms with Gasteiger partial charge < -0.3 is 5.73 Å². The Morgan fingerprint density at radius 1 is 0.950 bits per heavy atom. The Bertz CT molecular complexity index is 924. The van der Waals surface area contributed by atoms with E-state index in [0.29, 0.717) is 0 Å². The molecular formula is C16H12N4. The number of nitrogen functional groups attached to an aromatic ring is 1. The Morgan fingerprint density at radius 3 is 2.75 bits per heavy atom. The van der Waals surface area contributed by atoms with Crippen LogP contribution in [0, 0.1) is 0 Å². The second-order valence-electron chi connectivity index (χ2n) is 4.76. The second-order valence-corrected chi connectivity index (χ2v) is 4.76. The molecule has 0 fully saturated rings. The van der Waals surface area contributed by atoms with Gasteiger partial charge in [0.2, 0.25) is 0 Å². The van der Waals surface area contributed by atoms with Gasteiger partial charge in [0, 0.05) is 11.1 Å². The molecule has 2 aromatic carbocycles. The second kappa shape index (κ2) is 4.06. The van der Waals surface area contributed by atoms with Gasteiger partial charge >= 0.3 is 0 Å². The number of rotatable bonds is 1. The number of benzene rings is 2. The van der Waals surface area contributed by atoms with Gasteiger partial charge in [0.25, 0.3) is 0 Å². The number of nitrogens with zero attached hydrogens (tertiary/aromatic N) is 3. The smallest absolute Gasteiger partial charge is 0.161 e. The number of nitrogens with two attached hydrogens (primary N) is 1. The fourth-order valence-electron chi connectivity index (χ4n) is 2.59. The summed E-state index contributed by atoms with van der Waals surface area (Å²) in [6, 6.07) is 18.2. The lowest BCUT2D eigenvalue weighted by atomic mass is 10.0. The van der Waals surface area contributed by atoms with Crippen molar-refractivity contribution in [3.63, 3.8) is 0 Å². The fourth-order valence-corrected chi connectivity index (χ4v) is 2.59. The number of aromatic nitrogens is 3. The summed E-state index contributed by atoms with van der Waals surface area (Å²) in [7, 11) is 0. The Balaban J connectivity index is 2.16. The van der Waals surface area contributed by atoms with Gasteiger partial charge in [-0.25, -0.2) is 0 Å². The summed E-state index contributed by atoms with van der Waals surface area (Å²) in [6.07, 6.45) is 1.74. The highest BCUT2D eigenvalue weighted by atomic mass is 15.2. The van der Waals surface area contributed by atoms with E-state index >= 15 is 0 Å². The van der Waals surface area contributed by atoms with Crippen molar-refractivity contribution in [1.82, 2.24) is 14.6 Å². The van der Waals surface area contributed by atoms with Crippen molar-refractivity contribution >= 4 is 22.2 Å². The van der Waals surface area contributed by atoms with E-state index in [-0.39, 0.29) is 0 Å². The summed E-state index contributed by atoms with van der Waals surface area (Å²) in [5, 5.41) is 9.31. The maximum absolute atomic E-state index is 5.90. The number of pyridine rings is 1. The zero-order chi connectivity index (χ0) is 13.5. The van der Waals surface area contributed by atoms with Crippen LogP contribution in [0.25, 0.3) is 27.7 Å². The quantitative estimate of drug-likeness (QED) is 0.535. The van der Waals surface area contributed by atoms with Gasteiger partial charge in [-0.05, 0) is 35.4 Å². The minimum absolute atomic E-state index is 0.757. The molecule has 0 spiro atoms. The number of fused-ring (bicyclic) bond motifs is 3. The molecule has 0 aliphatic rings. The largest absolute Gasteiger partial charge is 0.399 e. The average molecular weight is 260 g/mol. The first-order valence-electron chi connectivity index (χ1n) is 6.40. The molecule has 0 radical (unpaired) electrons. The molecule has 20 heavy (non-hydrogen) atoms. The van der Waals surface area contributed by atoms with Gasteiger partial charge in [0.15, 0.2) is 5.65 Å². The molecule has 4 aromatic rings. The van der Waals surface area contributed by atoms with Crippen molar-refractivity contribution in [3.05, 3.63) is 60.9 Å². The number of anilines is 1. The summed E-state index contributed by atoms with van der Waals surface area (Å²) >= 11 is 0. The summed E-state index contributed by atoms with van der Waals surface area (Å²) in [5.41, 5.74) is 10.8. The van der Waals surface area contributed by atoms with E-state index in [4.69, 9.17) is 5.73 Å². The molecule has 0 amide bonds. The molecule has 0 atom stereocenters. The van der Waals surface area contributed by atoms with Crippen molar-refractivity contribution in [2.45, 2.75) is 0 Å². The van der Waals surface area contributed by atoms with Crippen LogP contribution in [-0.4, -0.2) is 14.6 Å². The van der Waals surface area contributed by atoms with E-state index < -0.39 is 0 Å². The summed E-state index contributed by atoms with van der Waals surface area (Å²) < 4.78 is 1.99. The minimum atomic E-state index is 0.757. The third-order valence-corrected chi connectivity index (χ3v) is 3.50. The normalized spacial score (nSPS) is 11.2. The van der Waals surface area contributed by atoms with Crippen LogP contribution in [0.3, 0.4) is 0 Å². The van der Waals surface area contributed by atoms with E-state index in [1.54, 1.807) is 6.33 Å². The van der Waals surface area contributed by atoms with Gasteiger partial charge in [-0.2, -0.15) is 0 Å². The highest BCUT2D eigenvalue weighted by molar-refractivity contribution is 5.97. The monoisotopic (exact) mass is 260 g/mol. The van der Waals surface area contributed by atoms with Crippen molar-refractivity contribution in [1.29, 1.82) is 0 Å². The first-order valence-corrected chi connectivity index (χ1v) is 6.40. The molecule has 0 bridgehead atoms. The minimum Gasteiger partial charge on any atom is -0.399 e. The molecule has 0 aliphatic carbocycles. The lowest BCUT2D eigenvalue weighted by molar-refractivity contribution is 1.11. The molecule has 0 saturated carbocycles. The predicted octanol–water partition coefficient (Wildman–Crippen LogP) is 3.13. The van der Waals surface area contributed by atoms with Crippen molar-refractivity contribution in [2.75, 3.05) is 5.73 Å². The molecule has 2 N–H and O–H groups in total. The Morgan fingerprint density at radius 2 is 1.85 bits per heavy atom.